The van der Waals surface area contributed by atoms with E-state index in [-0.39, 0.29) is 0 Å². The van der Waals surface area contributed by atoms with E-state index in [1.54, 1.807) is 28.8 Å². The minimum atomic E-state index is -3.38. The molecule has 2 aromatic heterocycles. The van der Waals surface area contributed by atoms with Gasteiger partial charge in [-0.15, -0.1) is 22.7 Å². The summed E-state index contributed by atoms with van der Waals surface area (Å²) in [4.78, 5) is 5.57. The molecule has 0 amide bonds. The first kappa shape index (κ1) is 16.3. The van der Waals surface area contributed by atoms with Gasteiger partial charge in [-0.2, -0.15) is 0 Å². The number of hydrogen-bond acceptors (Lipinski definition) is 5. The van der Waals surface area contributed by atoms with Gasteiger partial charge in [-0.25, -0.2) is 18.1 Å². The maximum atomic E-state index is 12.0. The standard InChI is InChI=1S/C16H16N2O2S3/c19-23(20,16-7-4-10-21-16)18-9-8-15-17-12-14(22-15)11-13-5-2-1-3-6-13/h1-7,10,12,18H,8-9,11H2. The highest BCUT2D eigenvalue weighted by molar-refractivity contribution is 7.91. The van der Waals surface area contributed by atoms with Crippen LogP contribution in [0.2, 0.25) is 0 Å². The summed E-state index contributed by atoms with van der Waals surface area (Å²) < 4.78 is 27.0. The zero-order valence-electron chi connectivity index (χ0n) is 12.3. The van der Waals surface area contributed by atoms with Crippen molar-refractivity contribution < 1.29 is 8.42 Å². The van der Waals surface area contributed by atoms with Crippen molar-refractivity contribution in [2.24, 2.45) is 0 Å². The number of thiophene rings is 1. The molecule has 2 heterocycles. The lowest BCUT2D eigenvalue weighted by molar-refractivity contribution is 0.583. The Morgan fingerprint density at radius 2 is 1.91 bits per heavy atom. The fourth-order valence-electron chi connectivity index (χ4n) is 2.12. The van der Waals surface area contributed by atoms with Crippen LogP contribution in [-0.2, 0) is 22.9 Å². The Morgan fingerprint density at radius 3 is 2.65 bits per heavy atom. The third-order valence-corrected chi connectivity index (χ3v) is 7.13. The lowest BCUT2D eigenvalue weighted by Crippen LogP contribution is -2.25. The fourth-order valence-corrected chi connectivity index (χ4v) is 5.15. The Kier molecular flexibility index (Phi) is 5.22. The summed E-state index contributed by atoms with van der Waals surface area (Å²) >= 11 is 2.85. The number of aromatic nitrogens is 1. The van der Waals surface area contributed by atoms with Gasteiger partial charge in [0.25, 0.3) is 0 Å². The summed E-state index contributed by atoms with van der Waals surface area (Å²) in [7, 11) is -3.38. The summed E-state index contributed by atoms with van der Waals surface area (Å²) in [5.41, 5.74) is 1.25. The van der Waals surface area contributed by atoms with Crippen molar-refractivity contribution in [2.45, 2.75) is 17.1 Å². The molecule has 0 saturated carbocycles. The highest BCUT2D eigenvalue weighted by atomic mass is 32.2. The molecule has 0 bridgehead atoms. The Balaban J connectivity index is 1.54. The molecule has 0 aliphatic rings. The van der Waals surface area contributed by atoms with E-state index in [0.717, 1.165) is 11.4 Å². The van der Waals surface area contributed by atoms with Crippen LogP contribution in [0, 0.1) is 0 Å². The van der Waals surface area contributed by atoms with E-state index in [1.807, 2.05) is 24.4 Å². The van der Waals surface area contributed by atoms with E-state index in [2.05, 4.69) is 21.8 Å². The third-order valence-electron chi connectivity index (χ3n) is 3.21. The molecule has 3 rings (SSSR count). The predicted octanol–water partition coefficient (Wildman–Crippen LogP) is 3.32. The van der Waals surface area contributed by atoms with Crippen LogP contribution in [0.1, 0.15) is 15.4 Å². The van der Waals surface area contributed by atoms with Gasteiger partial charge in [0.2, 0.25) is 10.0 Å². The number of hydrogen-bond donors (Lipinski definition) is 1. The largest absolute Gasteiger partial charge is 0.250 e. The van der Waals surface area contributed by atoms with Gasteiger partial charge in [0.05, 0.1) is 5.01 Å². The fraction of sp³-hybridized carbons (Fsp3) is 0.188. The molecule has 4 nitrogen and oxygen atoms in total. The minimum absolute atomic E-state index is 0.349. The van der Waals surface area contributed by atoms with Crippen LogP contribution in [0.4, 0.5) is 0 Å². The maximum absolute atomic E-state index is 12.0. The van der Waals surface area contributed by atoms with Gasteiger partial charge in [0.1, 0.15) is 4.21 Å². The number of nitrogens with zero attached hydrogens (tertiary/aromatic N) is 1. The first-order valence-corrected chi connectivity index (χ1v) is 10.3. The van der Waals surface area contributed by atoms with E-state index in [1.165, 1.54) is 21.8 Å². The molecule has 3 aromatic rings. The van der Waals surface area contributed by atoms with Gasteiger partial charge in [0.15, 0.2) is 0 Å². The molecule has 0 aliphatic carbocycles. The van der Waals surface area contributed by atoms with Gasteiger partial charge < -0.3 is 0 Å². The van der Waals surface area contributed by atoms with Crippen LogP contribution >= 0.6 is 22.7 Å². The molecule has 0 radical (unpaired) electrons. The van der Waals surface area contributed by atoms with Crippen LogP contribution in [0.25, 0.3) is 0 Å². The van der Waals surface area contributed by atoms with Crippen molar-refractivity contribution in [3.05, 3.63) is 69.5 Å². The SMILES string of the molecule is O=S(=O)(NCCc1ncc(Cc2ccccc2)s1)c1cccs1. The first-order valence-electron chi connectivity index (χ1n) is 7.14. The quantitative estimate of drug-likeness (QED) is 0.700. The van der Waals surface area contributed by atoms with Crippen LogP contribution in [-0.4, -0.2) is 19.9 Å². The van der Waals surface area contributed by atoms with E-state index >= 15 is 0 Å². The lowest BCUT2D eigenvalue weighted by atomic mass is 10.1. The maximum Gasteiger partial charge on any atom is 0.250 e. The monoisotopic (exact) mass is 364 g/mol. The molecule has 120 valence electrons. The van der Waals surface area contributed by atoms with Crippen LogP contribution in [0.5, 0.6) is 0 Å². The highest BCUT2D eigenvalue weighted by Gasteiger charge is 2.14. The van der Waals surface area contributed by atoms with E-state index < -0.39 is 10.0 Å². The summed E-state index contributed by atoms with van der Waals surface area (Å²) in [6.07, 6.45) is 3.34. The summed E-state index contributed by atoms with van der Waals surface area (Å²) in [5.74, 6) is 0. The molecule has 0 unspecified atom stereocenters. The number of nitrogens with one attached hydrogen (secondary N) is 1. The van der Waals surface area contributed by atoms with Crippen LogP contribution in [0.3, 0.4) is 0 Å². The zero-order valence-corrected chi connectivity index (χ0v) is 14.8. The Hall–Kier alpha value is -1.54. The highest BCUT2D eigenvalue weighted by Crippen LogP contribution is 2.18. The number of sulfonamides is 1. The zero-order chi connectivity index (χ0) is 16.1. The van der Waals surface area contributed by atoms with Gasteiger partial charge in [-0.3, -0.25) is 0 Å². The molecule has 23 heavy (non-hydrogen) atoms. The molecule has 0 aliphatic heterocycles. The number of rotatable bonds is 7. The van der Waals surface area contributed by atoms with Crippen molar-refractivity contribution in [1.82, 2.24) is 9.71 Å². The van der Waals surface area contributed by atoms with Gasteiger partial charge in [0, 0.05) is 30.5 Å². The Labute approximate surface area is 143 Å². The summed E-state index contributed by atoms with van der Waals surface area (Å²) in [5, 5.41) is 2.70. The third kappa shape index (κ3) is 4.48. The molecule has 0 atom stereocenters. The second kappa shape index (κ2) is 7.35. The second-order valence-corrected chi connectivity index (χ2v) is 9.10. The van der Waals surface area contributed by atoms with Gasteiger partial charge >= 0.3 is 0 Å². The smallest absolute Gasteiger partial charge is 0.249 e. The van der Waals surface area contributed by atoms with Crippen molar-refractivity contribution in [3.63, 3.8) is 0 Å². The van der Waals surface area contributed by atoms with E-state index in [4.69, 9.17) is 0 Å². The first-order chi connectivity index (χ1) is 11.1. The van der Waals surface area contributed by atoms with Crippen molar-refractivity contribution in [3.8, 4) is 0 Å². The molecule has 0 fully saturated rings. The van der Waals surface area contributed by atoms with Gasteiger partial charge in [-0.1, -0.05) is 36.4 Å². The average molecular weight is 365 g/mol. The van der Waals surface area contributed by atoms with E-state index in [0.29, 0.717) is 17.2 Å². The Bertz CT molecular complexity index is 841. The average Bonchev–Trinajstić information content (AvgIpc) is 3.20. The summed E-state index contributed by atoms with van der Waals surface area (Å²) in [6, 6.07) is 13.6. The van der Waals surface area contributed by atoms with Gasteiger partial charge in [-0.05, 0) is 17.0 Å². The van der Waals surface area contributed by atoms with Crippen molar-refractivity contribution in [1.29, 1.82) is 0 Å². The molecule has 1 N–H and O–H groups in total. The Morgan fingerprint density at radius 1 is 1.09 bits per heavy atom. The normalized spacial score (nSPS) is 11.7. The molecular weight excluding hydrogens is 348 g/mol. The molecule has 7 heteroatoms. The number of benzene rings is 1. The van der Waals surface area contributed by atoms with E-state index in [9.17, 15) is 8.42 Å². The van der Waals surface area contributed by atoms with Crippen LogP contribution in [0.15, 0.2) is 58.3 Å². The molecular formula is C16H16N2O2S3. The predicted molar refractivity (Wildman–Crippen MR) is 94.6 cm³/mol. The van der Waals surface area contributed by atoms with Crippen LogP contribution < -0.4 is 4.72 Å². The topological polar surface area (TPSA) is 59.1 Å². The minimum Gasteiger partial charge on any atom is -0.249 e. The molecule has 0 spiro atoms. The molecule has 0 saturated heterocycles. The number of thiazole rings is 1. The van der Waals surface area contributed by atoms with Crippen molar-refractivity contribution >= 4 is 32.7 Å². The van der Waals surface area contributed by atoms with Crippen molar-refractivity contribution in [2.75, 3.05) is 6.54 Å². The lowest BCUT2D eigenvalue weighted by Gasteiger charge is -2.02. The summed E-state index contributed by atoms with van der Waals surface area (Å²) in [6.45, 7) is 0.360. The second-order valence-electron chi connectivity index (χ2n) is 4.96. The molecule has 1 aromatic carbocycles.